The molecule has 1 amide bonds. The minimum atomic E-state index is -4.32. The maximum atomic E-state index is 13.0. The van der Waals surface area contributed by atoms with Gasteiger partial charge in [0.05, 0.1) is 39.9 Å². The van der Waals surface area contributed by atoms with Gasteiger partial charge in [-0.05, 0) is 64.2 Å². The molecule has 0 fully saturated rings. The van der Waals surface area contributed by atoms with Crippen LogP contribution in [-0.2, 0) is 18.4 Å². The van der Waals surface area contributed by atoms with Gasteiger partial charge < -0.3 is 19.8 Å². The first-order valence-electron chi connectivity index (χ1n) is 32.8. The number of nitrogens with zero attached hydrogens (tertiary/aromatic N) is 1. The number of aliphatic hydroxyl groups excluding tert-OH is 1. The van der Waals surface area contributed by atoms with Gasteiger partial charge in [0.1, 0.15) is 13.2 Å². The lowest BCUT2D eigenvalue weighted by molar-refractivity contribution is -0.870. The fourth-order valence-corrected chi connectivity index (χ4v) is 10.4. The zero-order valence-corrected chi connectivity index (χ0v) is 52.3. The third-order valence-corrected chi connectivity index (χ3v) is 15.7. The number of rotatable bonds is 60. The molecular formula is C68H128N2O6P+. The molecule has 77 heavy (non-hydrogen) atoms. The van der Waals surface area contributed by atoms with Crippen LogP contribution in [0, 0.1) is 0 Å². The Kier molecular flexibility index (Phi) is 57.0. The van der Waals surface area contributed by atoms with Crippen LogP contribution in [0.4, 0.5) is 0 Å². The van der Waals surface area contributed by atoms with Crippen LogP contribution in [0.2, 0.25) is 0 Å². The molecule has 0 aromatic carbocycles. The molecule has 0 radical (unpaired) electrons. The second-order valence-corrected chi connectivity index (χ2v) is 24.9. The molecular weight excluding hydrogens is 972 g/mol. The molecule has 0 aromatic rings. The largest absolute Gasteiger partial charge is 0.472 e. The summed E-state index contributed by atoms with van der Waals surface area (Å²) >= 11 is 0. The van der Waals surface area contributed by atoms with E-state index in [-0.39, 0.29) is 19.1 Å². The lowest BCUT2D eigenvalue weighted by Crippen LogP contribution is -2.46. The second-order valence-electron chi connectivity index (χ2n) is 23.5. The van der Waals surface area contributed by atoms with Crippen molar-refractivity contribution in [1.29, 1.82) is 0 Å². The molecule has 9 heteroatoms. The first-order valence-corrected chi connectivity index (χ1v) is 34.3. The number of aliphatic hydroxyl groups is 1. The fraction of sp³-hybridized carbons (Fsp3) is 0.809. The van der Waals surface area contributed by atoms with Gasteiger partial charge >= 0.3 is 7.82 Å². The van der Waals surface area contributed by atoms with Crippen molar-refractivity contribution in [2.24, 2.45) is 0 Å². The highest BCUT2D eigenvalue weighted by Gasteiger charge is 2.28. The lowest BCUT2D eigenvalue weighted by Gasteiger charge is -2.26. The molecule has 0 aliphatic heterocycles. The lowest BCUT2D eigenvalue weighted by atomic mass is 10.0. The van der Waals surface area contributed by atoms with Crippen molar-refractivity contribution >= 4 is 13.7 Å². The van der Waals surface area contributed by atoms with Gasteiger partial charge in [-0.15, -0.1) is 0 Å². The topological polar surface area (TPSA) is 105 Å². The van der Waals surface area contributed by atoms with Crippen LogP contribution in [0.15, 0.2) is 72.9 Å². The van der Waals surface area contributed by atoms with E-state index in [1.54, 1.807) is 0 Å². The Morgan fingerprint density at radius 1 is 0.455 bits per heavy atom. The van der Waals surface area contributed by atoms with E-state index in [1.807, 2.05) is 21.1 Å². The van der Waals surface area contributed by atoms with Crippen LogP contribution in [0.25, 0.3) is 0 Å². The molecule has 450 valence electrons. The smallest absolute Gasteiger partial charge is 0.391 e. The van der Waals surface area contributed by atoms with Gasteiger partial charge in [0, 0.05) is 6.42 Å². The molecule has 0 saturated heterocycles. The SMILES string of the molecule is CC/C=C\C/C=C\C/C=C\C/C=C\C/C=C\C/C=C\CCCCCCCCCCCCCCCCCCCCCCC(=O)NC(COP(=O)(O)OCC[N+](C)(C)C)C(O)CCCCCCCCCCCCCCCCCC. The number of quaternary nitrogens is 1. The van der Waals surface area contributed by atoms with E-state index in [2.05, 4.69) is 92.1 Å². The summed E-state index contributed by atoms with van der Waals surface area (Å²) in [7, 11) is 1.62. The van der Waals surface area contributed by atoms with E-state index in [9.17, 15) is 19.4 Å². The number of allylic oxidation sites excluding steroid dienone is 12. The van der Waals surface area contributed by atoms with Crippen LogP contribution < -0.4 is 5.32 Å². The molecule has 0 aliphatic carbocycles. The average Bonchev–Trinajstić information content (AvgIpc) is 3.39. The molecule has 0 spiro atoms. The first-order chi connectivity index (χ1) is 37.5. The minimum Gasteiger partial charge on any atom is -0.391 e. The maximum absolute atomic E-state index is 13.0. The van der Waals surface area contributed by atoms with E-state index >= 15 is 0 Å². The van der Waals surface area contributed by atoms with E-state index in [0.717, 1.165) is 77.0 Å². The standard InChI is InChI=1S/C68H127N2O6P/c1-6-8-10-12-14-16-18-20-22-24-25-26-27-28-29-30-31-32-33-34-35-36-37-38-39-40-41-42-43-44-45-46-48-50-52-54-56-58-60-62-68(72)69-66(65-76-77(73,74)75-64-63-70(3,4)5)67(71)61-59-57-55-53-51-49-47-23-21-19-17-15-13-11-9-7-2/h8,10,14,16,20,22,25-26,28-29,31-32,66-67,71H,6-7,9,11-13,15,17-19,21,23-24,27,30,33-65H2,1-5H3,(H-,69,72,73,74)/p+1/b10-8-,16-14-,22-20-,26-25-,29-28-,32-31-. The number of hydrogen-bond donors (Lipinski definition) is 3. The zero-order valence-electron chi connectivity index (χ0n) is 51.4. The van der Waals surface area contributed by atoms with Gasteiger partial charge in [-0.2, -0.15) is 0 Å². The summed E-state index contributed by atoms with van der Waals surface area (Å²) in [6.45, 7) is 4.80. The monoisotopic (exact) mass is 1100 g/mol. The molecule has 8 nitrogen and oxygen atoms in total. The summed E-state index contributed by atoms with van der Waals surface area (Å²) in [4.78, 5) is 23.4. The van der Waals surface area contributed by atoms with E-state index < -0.39 is 20.0 Å². The molecule has 0 aromatic heterocycles. The normalized spacial score (nSPS) is 14.2. The van der Waals surface area contributed by atoms with Crippen LogP contribution in [-0.4, -0.2) is 73.4 Å². The Hall–Kier alpha value is -2.06. The summed E-state index contributed by atoms with van der Waals surface area (Å²) < 4.78 is 23.8. The van der Waals surface area contributed by atoms with Crippen molar-refractivity contribution in [3.05, 3.63) is 72.9 Å². The molecule has 3 N–H and O–H groups in total. The average molecular weight is 1100 g/mol. The summed E-state index contributed by atoms with van der Waals surface area (Å²) in [6, 6.07) is -0.761. The number of carbonyl (C=O) groups excluding carboxylic acids is 1. The Bertz CT molecular complexity index is 1480. The summed E-state index contributed by atoms with van der Waals surface area (Å²) in [5.41, 5.74) is 0. The Morgan fingerprint density at radius 3 is 1.14 bits per heavy atom. The Balaban J connectivity index is 3.94. The molecule has 3 atom stereocenters. The highest BCUT2D eigenvalue weighted by atomic mass is 31.2. The van der Waals surface area contributed by atoms with E-state index in [4.69, 9.17) is 9.05 Å². The minimum absolute atomic E-state index is 0.0750. The number of unbranched alkanes of at least 4 members (excludes halogenated alkanes) is 35. The number of likely N-dealkylation sites (N-methyl/N-ethyl adjacent to an activating group) is 1. The van der Waals surface area contributed by atoms with Gasteiger partial charge in [-0.25, -0.2) is 4.57 Å². The second kappa shape index (κ2) is 58.6. The van der Waals surface area contributed by atoms with Gasteiger partial charge in [0.2, 0.25) is 5.91 Å². The highest BCUT2D eigenvalue weighted by molar-refractivity contribution is 7.47. The van der Waals surface area contributed by atoms with Crippen LogP contribution in [0.3, 0.4) is 0 Å². The van der Waals surface area contributed by atoms with E-state index in [0.29, 0.717) is 23.9 Å². The molecule has 0 bridgehead atoms. The molecule has 0 rings (SSSR count). The summed E-state index contributed by atoms with van der Waals surface area (Å²) in [5.74, 6) is -0.141. The number of phosphoric acid groups is 1. The third kappa shape index (κ3) is 61.4. The van der Waals surface area contributed by atoms with Crippen molar-refractivity contribution < 1.29 is 32.9 Å². The highest BCUT2D eigenvalue weighted by Crippen LogP contribution is 2.43. The van der Waals surface area contributed by atoms with Gasteiger partial charge in [-0.1, -0.05) is 305 Å². The summed E-state index contributed by atoms with van der Waals surface area (Å²) in [5, 5.41) is 14.1. The van der Waals surface area contributed by atoms with Crippen molar-refractivity contribution in [3.63, 3.8) is 0 Å². The predicted molar refractivity (Wildman–Crippen MR) is 337 cm³/mol. The zero-order chi connectivity index (χ0) is 56.3. The van der Waals surface area contributed by atoms with Crippen LogP contribution >= 0.6 is 7.82 Å². The van der Waals surface area contributed by atoms with Gasteiger partial charge in [0.15, 0.2) is 0 Å². The van der Waals surface area contributed by atoms with Crippen molar-refractivity contribution in [2.75, 3.05) is 40.9 Å². The van der Waals surface area contributed by atoms with Crippen molar-refractivity contribution in [1.82, 2.24) is 5.32 Å². The van der Waals surface area contributed by atoms with E-state index in [1.165, 1.54) is 199 Å². The number of carbonyl (C=O) groups is 1. The van der Waals surface area contributed by atoms with Crippen molar-refractivity contribution in [2.45, 2.75) is 315 Å². The van der Waals surface area contributed by atoms with Crippen molar-refractivity contribution in [3.8, 4) is 0 Å². The van der Waals surface area contributed by atoms with Gasteiger partial charge in [0.25, 0.3) is 0 Å². The molecule has 3 unspecified atom stereocenters. The number of phosphoric ester groups is 1. The van der Waals surface area contributed by atoms with Gasteiger partial charge in [-0.3, -0.25) is 13.8 Å². The Labute approximate surface area is 478 Å². The quantitative estimate of drug-likeness (QED) is 0.0243. The molecule has 0 heterocycles. The predicted octanol–water partition coefficient (Wildman–Crippen LogP) is 20.6. The Morgan fingerprint density at radius 2 is 0.779 bits per heavy atom. The number of amides is 1. The molecule has 0 saturated carbocycles. The first kappa shape index (κ1) is 74.9. The fourth-order valence-electron chi connectivity index (χ4n) is 9.64. The van der Waals surface area contributed by atoms with Crippen LogP contribution in [0.1, 0.15) is 303 Å². The van der Waals surface area contributed by atoms with Crippen LogP contribution in [0.5, 0.6) is 0 Å². The number of nitrogens with one attached hydrogen (secondary N) is 1. The maximum Gasteiger partial charge on any atom is 0.472 e. The molecule has 0 aliphatic rings. The summed E-state index contributed by atoms with van der Waals surface area (Å²) in [6.07, 6.45) is 81.3. The third-order valence-electron chi connectivity index (χ3n) is 14.7. The number of hydrogen-bond acceptors (Lipinski definition) is 5.